The largest absolute Gasteiger partial charge is 0.389 e. The van der Waals surface area contributed by atoms with E-state index >= 15 is 0 Å². The lowest BCUT2D eigenvalue weighted by Gasteiger charge is -2.06. The van der Waals surface area contributed by atoms with Crippen LogP contribution in [0.4, 0.5) is 10.1 Å². The lowest BCUT2D eigenvalue weighted by atomic mass is 10.1. The number of thiocarbonyl (C=S) groups is 1. The van der Waals surface area contributed by atoms with E-state index in [-0.39, 0.29) is 18.0 Å². The highest BCUT2D eigenvalue weighted by Gasteiger charge is 2.07. The van der Waals surface area contributed by atoms with E-state index < -0.39 is 5.82 Å². The maximum Gasteiger partial charge on any atom is 0.228 e. The molecule has 3 N–H and O–H groups in total. The van der Waals surface area contributed by atoms with Crippen molar-refractivity contribution in [1.29, 1.82) is 0 Å². The minimum absolute atomic E-state index is 0.159. The van der Waals surface area contributed by atoms with Crippen molar-refractivity contribution in [2.24, 2.45) is 5.73 Å². The number of para-hydroxylation sites is 1. The number of nitrogens with one attached hydrogen (secondary N) is 1. The van der Waals surface area contributed by atoms with Crippen LogP contribution in [0.1, 0.15) is 11.1 Å². The topological polar surface area (TPSA) is 55.1 Å². The molecule has 102 valence electrons. The Morgan fingerprint density at radius 3 is 2.40 bits per heavy atom. The average molecular weight is 288 g/mol. The third kappa shape index (κ3) is 3.61. The summed E-state index contributed by atoms with van der Waals surface area (Å²) in [6.45, 7) is 0. The summed E-state index contributed by atoms with van der Waals surface area (Å²) in [5.74, 6) is -0.733. The molecule has 5 heteroatoms. The van der Waals surface area contributed by atoms with Crippen LogP contribution in [0, 0.1) is 5.82 Å². The van der Waals surface area contributed by atoms with E-state index in [9.17, 15) is 9.18 Å². The molecule has 0 radical (unpaired) electrons. The van der Waals surface area contributed by atoms with E-state index in [1.54, 1.807) is 36.4 Å². The first-order chi connectivity index (χ1) is 9.56. The fourth-order valence-corrected chi connectivity index (χ4v) is 1.87. The second kappa shape index (κ2) is 6.25. The molecule has 0 aliphatic carbocycles. The molecule has 0 saturated heterocycles. The van der Waals surface area contributed by atoms with Gasteiger partial charge >= 0.3 is 0 Å². The van der Waals surface area contributed by atoms with Gasteiger partial charge in [-0.05, 0) is 17.7 Å². The summed E-state index contributed by atoms with van der Waals surface area (Å²) in [5, 5.41) is 2.53. The maximum absolute atomic E-state index is 13.4. The van der Waals surface area contributed by atoms with E-state index in [4.69, 9.17) is 18.0 Å². The van der Waals surface area contributed by atoms with Crippen molar-refractivity contribution in [3.05, 3.63) is 65.5 Å². The molecule has 0 spiro atoms. The van der Waals surface area contributed by atoms with Crippen LogP contribution in [0.5, 0.6) is 0 Å². The maximum atomic E-state index is 13.4. The van der Waals surface area contributed by atoms with Crippen molar-refractivity contribution >= 4 is 28.8 Å². The third-order valence-corrected chi connectivity index (χ3v) is 2.99. The number of nitrogens with two attached hydrogens (primary N) is 1. The average Bonchev–Trinajstić information content (AvgIpc) is 2.42. The minimum atomic E-state index is -0.454. The minimum Gasteiger partial charge on any atom is -0.389 e. The van der Waals surface area contributed by atoms with Gasteiger partial charge < -0.3 is 11.1 Å². The second-order valence-corrected chi connectivity index (χ2v) is 4.71. The summed E-state index contributed by atoms with van der Waals surface area (Å²) in [6.07, 6.45) is 0.159. The molecule has 0 fully saturated rings. The van der Waals surface area contributed by atoms with Gasteiger partial charge in [0.2, 0.25) is 5.91 Å². The number of anilines is 1. The Bertz CT molecular complexity index is 641. The first-order valence-corrected chi connectivity index (χ1v) is 6.40. The molecule has 0 atom stereocenters. The van der Waals surface area contributed by atoms with Crippen LogP contribution in [0.25, 0.3) is 0 Å². The molecule has 20 heavy (non-hydrogen) atoms. The molecule has 0 saturated carbocycles. The number of benzene rings is 2. The van der Waals surface area contributed by atoms with Crippen LogP contribution in [-0.4, -0.2) is 10.9 Å². The van der Waals surface area contributed by atoms with Crippen LogP contribution < -0.4 is 11.1 Å². The van der Waals surface area contributed by atoms with Gasteiger partial charge in [0.25, 0.3) is 0 Å². The molecule has 2 aromatic carbocycles. The van der Waals surface area contributed by atoms with Crippen LogP contribution in [0.3, 0.4) is 0 Å². The van der Waals surface area contributed by atoms with Gasteiger partial charge in [-0.15, -0.1) is 0 Å². The van der Waals surface area contributed by atoms with Crippen molar-refractivity contribution in [3.8, 4) is 0 Å². The van der Waals surface area contributed by atoms with Crippen molar-refractivity contribution in [2.45, 2.75) is 6.42 Å². The van der Waals surface area contributed by atoms with Gasteiger partial charge in [0, 0.05) is 5.56 Å². The van der Waals surface area contributed by atoms with E-state index in [1.807, 2.05) is 0 Å². The molecule has 3 nitrogen and oxygen atoms in total. The van der Waals surface area contributed by atoms with Crippen LogP contribution >= 0.6 is 12.2 Å². The molecule has 2 aromatic rings. The zero-order chi connectivity index (χ0) is 14.5. The van der Waals surface area contributed by atoms with Gasteiger partial charge in [0.05, 0.1) is 12.1 Å². The zero-order valence-electron chi connectivity index (χ0n) is 10.6. The molecule has 0 aromatic heterocycles. The molecule has 1 amide bonds. The fraction of sp³-hybridized carbons (Fsp3) is 0.0667. The number of amides is 1. The first-order valence-electron chi connectivity index (χ1n) is 5.99. The number of rotatable bonds is 4. The summed E-state index contributed by atoms with van der Waals surface area (Å²) in [7, 11) is 0. The molecule has 0 unspecified atom stereocenters. The summed E-state index contributed by atoms with van der Waals surface area (Å²) in [4.78, 5) is 12.1. The summed E-state index contributed by atoms with van der Waals surface area (Å²) >= 11 is 4.85. The van der Waals surface area contributed by atoms with Gasteiger partial charge in [-0.3, -0.25) is 4.79 Å². The predicted molar refractivity (Wildman–Crippen MR) is 81.1 cm³/mol. The van der Waals surface area contributed by atoms with Gasteiger partial charge in [-0.1, -0.05) is 48.6 Å². The van der Waals surface area contributed by atoms with Crippen LogP contribution in [0.15, 0.2) is 48.5 Å². The Labute approximate surface area is 121 Å². The van der Waals surface area contributed by atoms with Crippen molar-refractivity contribution in [2.75, 3.05) is 5.32 Å². The van der Waals surface area contributed by atoms with E-state index in [2.05, 4.69) is 5.32 Å². The lowest BCUT2D eigenvalue weighted by Crippen LogP contribution is -2.15. The highest BCUT2D eigenvalue weighted by molar-refractivity contribution is 7.80. The zero-order valence-corrected chi connectivity index (χ0v) is 11.4. The summed E-state index contributed by atoms with van der Waals surface area (Å²) in [6, 6.07) is 13.1. The second-order valence-electron chi connectivity index (χ2n) is 4.27. The van der Waals surface area contributed by atoms with Gasteiger partial charge in [0.1, 0.15) is 10.8 Å². The smallest absolute Gasteiger partial charge is 0.228 e. The standard InChI is InChI=1S/C15H13FN2OS/c16-12-3-1-2-4-13(12)18-14(19)9-10-5-7-11(8-6-10)15(17)20/h1-8H,9H2,(H2,17,20)(H,18,19). The Hall–Kier alpha value is -2.27. The van der Waals surface area contributed by atoms with Crippen molar-refractivity contribution < 1.29 is 9.18 Å². The molecular weight excluding hydrogens is 275 g/mol. The molecule has 0 aliphatic rings. The highest BCUT2D eigenvalue weighted by atomic mass is 32.1. The number of hydrogen-bond donors (Lipinski definition) is 2. The molecule has 0 bridgehead atoms. The number of halogens is 1. The Morgan fingerprint density at radius 1 is 1.15 bits per heavy atom. The van der Waals surface area contributed by atoms with Crippen LogP contribution in [-0.2, 0) is 11.2 Å². The van der Waals surface area contributed by atoms with Crippen LogP contribution in [0.2, 0.25) is 0 Å². The van der Waals surface area contributed by atoms with E-state index in [1.165, 1.54) is 12.1 Å². The van der Waals surface area contributed by atoms with Gasteiger partial charge in [-0.25, -0.2) is 4.39 Å². The normalized spacial score (nSPS) is 10.1. The predicted octanol–water partition coefficient (Wildman–Crippen LogP) is 2.64. The Morgan fingerprint density at radius 2 is 1.80 bits per heavy atom. The molecule has 0 heterocycles. The van der Waals surface area contributed by atoms with Crippen molar-refractivity contribution in [3.63, 3.8) is 0 Å². The Balaban J connectivity index is 2.01. The molecule has 2 rings (SSSR count). The lowest BCUT2D eigenvalue weighted by molar-refractivity contribution is -0.115. The van der Waals surface area contributed by atoms with E-state index in [0.29, 0.717) is 4.99 Å². The highest BCUT2D eigenvalue weighted by Crippen LogP contribution is 2.13. The van der Waals surface area contributed by atoms with Crippen molar-refractivity contribution in [1.82, 2.24) is 0 Å². The quantitative estimate of drug-likeness (QED) is 0.850. The SMILES string of the molecule is NC(=S)c1ccc(CC(=O)Nc2ccccc2F)cc1. The molecule has 0 aliphatic heterocycles. The number of carbonyl (C=O) groups excluding carboxylic acids is 1. The third-order valence-electron chi connectivity index (χ3n) is 2.75. The first kappa shape index (κ1) is 14.1. The van der Waals surface area contributed by atoms with E-state index in [0.717, 1.165) is 11.1 Å². The summed E-state index contributed by atoms with van der Waals surface area (Å²) < 4.78 is 13.4. The Kier molecular flexibility index (Phi) is 4.42. The summed E-state index contributed by atoms with van der Waals surface area (Å²) in [5.41, 5.74) is 7.23. The number of carbonyl (C=O) groups is 1. The molecular formula is C15H13FN2OS. The number of hydrogen-bond acceptors (Lipinski definition) is 2. The van der Waals surface area contributed by atoms with Gasteiger partial charge in [-0.2, -0.15) is 0 Å². The fourth-order valence-electron chi connectivity index (χ4n) is 1.73. The van der Waals surface area contributed by atoms with Gasteiger partial charge in [0.15, 0.2) is 0 Å². The monoisotopic (exact) mass is 288 g/mol.